The zero-order valence-corrected chi connectivity index (χ0v) is 13.5. The number of aromatic nitrogens is 3. The summed E-state index contributed by atoms with van der Waals surface area (Å²) in [5.41, 5.74) is 3.63. The zero-order valence-electron chi connectivity index (χ0n) is 12.7. The fourth-order valence-corrected chi connectivity index (χ4v) is 3.55. The van der Waals surface area contributed by atoms with Crippen molar-refractivity contribution in [2.75, 3.05) is 12.4 Å². The summed E-state index contributed by atoms with van der Waals surface area (Å²) in [5, 5.41) is 8.63. The molecule has 0 radical (unpaired) electrons. The van der Waals surface area contributed by atoms with Gasteiger partial charge in [-0.3, -0.25) is 14.5 Å². The van der Waals surface area contributed by atoms with Crippen LogP contribution in [0.2, 0.25) is 0 Å². The Bertz CT molecular complexity index is 1020. The van der Waals surface area contributed by atoms with Crippen LogP contribution in [-0.2, 0) is 15.8 Å². The molecule has 0 spiro atoms. The Morgan fingerprint density at radius 3 is 2.88 bits per heavy atom. The Hall–Kier alpha value is -3.00. The lowest BCUT2D eigenvalue weighted by Gasteiger charge is -2.09. The standard InChI is InChI=1S/C16H13N5O2S/c1-17-13-4-5-18-9-12(13)10-2-3-11-8-19-21(14(11)6-10)16-7-15(22)20-24(16)23/h2-9H,1H3,(H,17,18)(H,20,22). The molecular weight excluding hydrogens is 326 g/mol. The van der Waals surface area contributed by atoms with Crippen LogP contribution in [0.25, 0.3) is 27.1 Å². The van der Waals surface area contributed by atoms with E-state index in [0.29, 0.717) is 5.03 Å². The first-order valence-electron chi connectivity index (χ1n) is 7.22. The molecular formula is C16H13N5O2S. The minimum absolute atomic E-state index is 0.326. The van der Waals surface area contributed by atoms with Crippen LogP contribution in [-0.4, -0.2) is 31.9 Å². The van der Waals surface area contributed by atoms with Gasteiger partial charge in [0.15, 0.2) is 16.0 Å². The highest BCUT2D eigenvalue weighted by atomic mass is 32.2. The molecule has 1 aromatic carbocycles. The van der Waals surface area contributed by atoms with Crippen molar-refractivity contribution in [2.24, 2.45) is 0 Å². The number of hydrogen-bond acceptors (Lipinski definition) is 5. The summed E-state index contributed by atoms with van der Waals surface area (Å²) in [5.74, 6) is -0.382. The zero-order chi connectivity index (χ0) is 16.7. The third-order valence-electron chi connectivity index (χ3n) is 3.82. The first-order valence-corrected chi connectivity index (χ1v) is 8.37. The molecule has 120 valence electrons. The molecule has 3 aromatic rings. The van der Waals surface area contributed by atoms with E-state index in [1.165, 1.54) is 10.8 Å². The topological polar surface area (TPSA) is 88.9 Å². The summed E-state index contributed by atoms with van der Waals surface area (Å²) in [6, 6.07) is 7.76. The third-order valence-corrected chi connectivity index (χ3v) is 4.88. The number of nitrogens with zero attached hydrogens (tertiary/aromatic N) is 3. The average molecular weight is 339 g/mol. The van der Waals surface area contributed by atoms with Gasteiger partial charge in [0, 0.05) is 42.2 Å². The normalized spacial score (nSPS) is 17.0. The van der Waals surface area contributed by atoms with E-state index in [9.17, 15) is 9.00 Å². The SMILES string of the molecule is CNc1ccncc1-c1ccc2cnn(C3=CC(=O)NS3=O)c2c1. The Morgan fingerprint density at radius 2 is 2.12 bits per heavy atom. The van der Waals surface area contributed by atoms with Gasteiger partial charge >= 0.3 is 0 Å². The lowest BCUT2D eigenvalue weighted by atomic mass is 10.0. The van der Waals surface area contributed by atoms with E-state index in [-0.39, 0.29) is 5.91 Å². The number of amides is 1. The van der Waals surface area contributed by atoms with E-state index in [2.05, 4.69) is 20.1 Å². The Kier molecular flexibility index (Phi) is 3.39. The van der Waals surface area contributed by atoms with Crippen molar-refractivity contribution < 1.29 is 9.00 Å². The molecule has 2 N–H and O–H groups in total. The summed E-state index contributed by atoms with van der Waals surface area (Å²) in [6.07, 6.45) is 6.49. The minimum atomic E-state index is -1.60. The largest absolute Gasteiger partial charge is 0.388 e. The second-order valence-electron chi connectivity index (χ2n) is 5.22. The smallest absolute Gasteiger partial charge is 0.258 e. The van der Waals surface area contributed by atoms with Crippen molar-refractivity contribution in [3.05, 3.63) is 48.9 Å². The number of hydrogen-bond donors (Lipinski definition) is 2. The second-order valence-corrected chi connectivity index (χ2v) is 6.38. The highest BCUT2D eigenvalue weighted by Crippen LogP contribution is 2.30. The highest BCUT2D eigenvalue weighted by Gasteiger charge is 2.23. The Balaban J connectivity index is 1.90. The maximum Gasteiger partial charge on any atom is 0.258 e. The summed E-state index contributed by atoms with van der Waals surface area (Å²) in [6.45, 7) is 0. The van der Waals surface area contributed by atoms with E-state index in [1.54, 1.807) is 18.6 Å². The summed E-state index contributed by atoms with van der Waals surface area (Å²) >= 11 is 0. The number of nitrogens with one attached hydrogen (secondary N) is 2. The van der Waals surface area contributed by atoms with Crippen molar-refractivity contribution in [2.45, 2.75) is 0 Å². The first kappa shape index (κ1) is 14.6. The fourth-order valence-electron chi connectivity index (χ4n) is 2.68. The van der Waals surface area contributed by atoms with Crippen molar-refractivity contribution in [1.82, 2.24) is 19.5 Å². The van der Waals surface area contributed by atoms with Crippen LogP contribution < -0.4 is 10.0 Å². The number of rotatable bonds is 3. The molecule has 0 bridgehead atoms. The molecule has 7 nitrogen and oxygen atoms in total. The highest BCUT2D eigenvalue weighted by molar-refractivity contribution is 7.93. The summed E-state index contributed by atoms with van der Waals surface area (Å²) < 4.78 is 15.9. The maximum atomic E-state index is 12.0. The number of pyridine rings is 1. The van der Waals surface area contributed by atoms with E-state index in [1.807, 2.05) is 31.3 Å². The van der Waals surface area contributed by atoms with Gasteiger partial charge in [0.25, 0.3) is 5.91 Å². The molecule has 0 aliphatic carbocycles. The molecule has 0 fully saturated rings. The van der Waals surface area contributed by atoms with Crippen LogP contribution in [0.3, 0.4) is 0 Å². The van der Waals surface area contributed by atoms with Gasteiger partial charge in [-0.05, 0) is 17.7 Å². The molecule has 1 aliphatic rings. The second kappa shape index (κ2) is 5.57. The van der Waals surface area contributed by atoms with Gasteiger partial charge in [-0.1, -0.05) is 12.1 Å². The van der Waals surface area contributed by atoms with Gasteiger partial charge in [-0.15, -0.1) is 0 Å². The predicted octanol–water partition coefficient (Wildman–Crippen LogP) is 1.73. The molecule has 8 heteroatoms. The monoisotopic (exact) mass is 339 g/mol. The molecule has 1 unspecified atom stereocenters. The van der Waals surface area contributed by atoms with Crippen molar-refractivity contribution in [3.8, 4) is 11.1 Å². The Labute approximate surface area is 140 Å². The molecule has 2 aromatic heterocycles. The average Bonchev–Trinajstić information content (AvgIpc) is 3.16. The number of carbonyl (C=O) groups excluding carboxylic acids is 1. The molecule has 1 atom stereocenters. The van der Waals surface area contributed by atoms with Gasteiger partial charge < -0.3 is 5.32 Å². The molecule has 3 heterocycles. The number of anilines is 1. The van der Waals surface area contributed by atoms with Crippen LogP contribution in [0.1, 0.15) is 0 Å². The van der Waals surface area contributed by atoms with E-state index in [0.717, 1.165) is 27.7 Å². The fraction of sp³-hybridized carbons (Fsp3) is 0.0625. The van der Waals surface area contributed by atoms with Gasteiger partial charge in [0.1, 0.15) is 0 Å². The number of fused-ring (bicyclic) bond motifs is 1. The Morgan fingerprint density at radius 1 is 1.25 bits per heavy atom. The molecule has 1 aliphatic heterocycles. The predicted molar refractivity (Wildman–Crippen MR) is 93.1 cm³/mol. The quantitative estimate of drug-likeness (QED) is 0.759. The first-order chi connectivity index (χ1) is 11.7. The van der Waals surface area contributed by atoms with Crippen LogP contribution >= 0.6 is 0 Å². The van der Waals surface area contributed by atoms with E-state index >= 15 is 0 Å². The lowest BCUT2D eigenvalue weighted by Crippen LogP contribution is -2.17. The van der Waals surface area contributed by atoms with Crippen molar-refractivity contribution in [3.63, 3.8) is 0 Å². The van der Waals surface area contributed by atoms with Gasteiger partial charge in [0.05, 0.1) is 11.7 Å². The van der Waals surface area contributed by atoms with Gasteiger partial charge in [-0.25, -0.2) is 8.89 Å². The van der Waals surface area contributed by atoms with Crippen molar-refractivity contribution >= 4 is 38.5 Å². The van der Waals surface area contributed by atoms with Gasteiger partial charge in [-0.2, -0.15) is 5.10 Å². The number of carbonyl (C=O) groups is 1. The minimum Gasteiger partial charge on any atom is -0.388 e. The van der Waals surface area contributed by atoms with Crippen LogP contribution in [0.15, 0.2) is 48.9 Å². The molecule has 0 saturated carbocycles. The lowest BCUT2D eigenvalue weighted by molar-refractivity contribution is -0.114. The molecule has 1 amide bonds. The van der Waals surface area contributed by atoms with E-state index in [4.69, 9.17) is 0 Å². The van der Waals surface area contributed by atoms with Crippen LogP contribution in [0.4, 0.5) is 5.69 Å². The molecule has 24 heavy (non-hydrogen) atoms. The maximum absolute atomic E-state index is 12.0. The number of benzene rings is 1. The van der Waals surface area contributed by atoms with Gasteiger partial charge in [0.2, 0.25) is 0 Å². The molecule has 0 saturated heterocycles. The molecule has 4 rings (SSSR count). The summed E-state index contributed by atoms with van der Waals surface area (Å²) in [7, 11) is 0.257. The van der Waals surface area contributed by atoms with Crippen LogP contribution in [0.5, 0.6) is 0 Å². The van der Waals surface area contributed by atoms with E-state index < -0.39 is 11.0 Å². The van der Waals surface area contributed by atoms with Crippen molar-refractivity contribution in [1.29, 1.82) is 0 Å². The summed E-state index contributed by atoms with van der Waals surface area (Å²) in [4.78, 5) is 15.6. The third kappa shape index (κ3) is 2.28. The van der Waals surface area contributed by atoms with Crippen LogP contribution in [0, 0.1) is 0 Å².